The van der Waals surface area contributed by atoms with Gasteiger partial charge in [-0.15, -0.1) is 0 Å². The van der Waals surface area contributed by atoms with Gasteiger partial charge in [0.15, 0.2) is 6.04 Å². The molecule has 0 spiro atoms. The lowest BCUT2D eigenvalue weighted by atomic mass is 9.92. The van der Waals surface area contributed by atoms with Crippen LogP contribution in [0.2, 0.25) is 0 Å². The van der Waals surface area contributed by atoms with E-state index in [2.05, 4.69) is 0 Å². The van der Waals surface area contributed by atoms with E-state index in [1.807, 2.05) is 0 Å². The Morgan fingerprint density at radius 2 is 1.90 bits per heavy atom. The van der Waals surface area contributed by atoms with Crippen LogP contribution >= 0.6 is 0 Å². The van der Waals surface area contributed by atoms with Crippen molar-refractivity contribution < 1.29 is 32.3 Å². The summed E-state index contributed by atoms with van der Waals surface area (Å²) in [6.07, 6.45) is -4.05. The van der Waals surface area contributed by atoms with Crippen LogP contribution in [-0.4, -0.2) is 40.8 Å². The van der Waals surface area contributed by atoms with Gasteiger partial charge in [-0.05, 0) is 17.5 Å². The number of hydrogen-bond acceptors (Lipinski definition) is 2. The lowest BCUT2D eigenvalue weighted by Gasteiger charge is -2.36. The number of carboxylic acid groups (broad SMARTS) is 1. The van der Waals surface area contributed by atoms with Crippen LogP contribution in [0.4, 0.5) is 17.6 Å². The molecule has 1 aliphatic rings. The van der Waals surface area contributed by atoms with E-state index in [-0.39, 0.29) is 18.5 Å². The molecule has 1 aliphatic heterocycles. The average molecular weight is 305 g/mol. The lowest BCUT2D eigenvalue weighted by molar-refractivity contribution is -0.186. The molecule has 0 saturated heterocycles. The number of aliphatic carboxylic acids is 1. The smallest absolute Gasteiger partial charge is 0.383 e. The zero-order chi connectivity index (χ0) is 15.8. The van der Waals surface area contributed by atoms with Crippen molar-refractivity contribution >= 4 is 11.9 Å². The Labute approximate surface area is 117 Å². The third kappa shape index (κ3) is 2.57. The molecule has 1 aromatic rings. The first-order valence-electron chi connectivity index (χ1n) is 6.04. The van der Waals surface area contributed by atoms with E-state index < -0.39 is 30.3 Å². The van der Waals surface area contributed by atoms with Crippen molar-refractivity contribution in [3.05, 3.63) is 35.4 Å². The number of amides is 1. The van der Waals surface area contributed by atoms with Crippen molar-refractivity contribution in [2.75, 3.05) is 6.54 Å². The van der Waals surface area contributed by atoms with Gasteiger partial charge in [0.1, 0.15) is 0 Å². The molecule has 1 atom stereocenters. The van der Waals surface area contributed by atoms with Crippen LogP contribution in [0.25, 0.3) is 0 Å². The summed E-state index contributed by atoms with van der Waals surface area (Å²) >= 11 is 0. The molecule has 0 saturated carbocycles. The SMILES string of the molecule is O=C(O)C1c2ccccc2CCN1C(=O)C(F)(F)C(F)F. The van der Waals surface area contributed by atoms with Crippen molar-refractivity contribution in [3.63, 3.8) is 0 Å². The molecular formula is C13H11F4NO3. The number of alkyl halides is 4. The van der Waals surface area contributed by atoms with Crippen molar-refractivity contribution in [1.82, 2.24) is 4.90 Å². The summed E-state index contributed by atoms with van der Waals surface area (Å²) in [5.41, 5.74) is 0.754. The van der Waals surface area contributed by atoms with Crippen LogP contribution < -0.4 is 0 Å². The fourth-order valence-electron chi connectivity index (χ4n) is 2.34. The van der Waals surface area contributed by atoms with Gasteiger partial charge in [-0.2, -0.15) is 8.78 Å². The Morgan fingerprint density at radius 1 is 1.29 bits per heavy atom. The van der Waals surface area contributed by atoms with E-state index >= 15 is 0 Å². The average Bonchev–Trinajstić information content (AvgIpc) is 2.44. The first kappa shape index (κ1) is 15.3. The van der Waals surface area contributed by atoms with Crippen LogP contribution in [-0.2, 0) is 16.0 Å². The molecule has 0 radical (unpaired) electrons. The summed E-state index contributed by atoms with van der Waals surface area (Å²) in [6, 6.07) is 4.44. The minimum absolute atomic E-state index is 0.130. The molecule has 2 rings (SSSR count). The first-order valence-corrected chi connectivity index (χ1v) is 6.04. The van der Waals surface area contributed by atoms with Crippen molar-refractivity contribution in [2.24, 2.45) is 0 Å². The monoisotopic (exact) mass is 305 g/mol. The van der Waals surface area contributed by atoms with Gasteiger partial charge >= 0.3 is 18.3 Å². The molecule has 0 aromatic heterocycles. The standard InChI is InChI=1S/C13H11F4NO3/c14-11(15)13(16,17)12(21)18-6-5-7-3-1-2-4-8(7)9(18)10(19)20/h1-4,9,11H,5-6H2,(H,19,20). The van der Waals surface area contributed by atoms with Crippen molar-refractivity contribution in [2.45, 2.75) is 24.8 Å². The molecule has 1 heterocycles. The number of benzene rings is 1. The molecule has 0 fully saturated rings. The third-order valence-corrected chi connectivity index (χ3v) is 3.34. The van der Waals surface area contributed by atoms with Gasteiger partial charge in [0, 0.05) is 6.54 Å². The maximum absolute atomic E-state index is 13.2. The minimum Gasteiger partial charge on any atom is -0.479 e. The number of carbonyl (C=O) groups is 2. The van der Waals surface area contributed by atoms with Crippen molar-refractivity contribution in [3.8, 4) is 0 Å². The minimum atomic E-state index is -4.90. The third-order valence-electron chi connectivity index (χ3n) is 3.34. The predicted octanol–water partition coefficient (Wildman–Crippen LogP) is 2.10. The summed E-state index contributed by atoms with van der Waals surface area (Å²) in [5.74, 6) is -8.61. The second-order valence-electron chi connectivity index (χ2n) is 4.61. The number of halogens is 4. The second kappa shape index (κ2) is 5.34. The fraction of sp³-hybridized carbons (Fsp3) is 0.385. The van der Waals surface area contributed by atoms with E-state index in [4.69, 9.17) is 0 Å². The summed E-state index contributed by atoms with van der Waals surface area (Å²) in [6.45, 7) is -0.352. The highest BCUT2D eigenvalue weighted by atomic mass is 19.3. The number of fused-ring (bicyclic) bond motifs is 1. The molecule has 8 heteroatoms. The Hall–Kier alpha value is -2.12. The highest BCUT2D eigenvalue weighted by Crippen LogP contribution is 2.34. The quantitative estimate of drug-likeness (QED) is 0.870. The van der Waals surface area contributed by atoms with Crippen molar-refractivity contribution in [1.29, 1.82) is 0 Å². The molecule has 1 amide bonds. The Morgan fingerprint density at radius 3 is 2.48 bits per heavy atom. The predicted molar refractivity (Wildman–Crippen MR) is 63.2 cm³/mol. The second-order valence-corrected chi connectivity index (χ2v) is 4.61. The molecule has 1 N–H and O–H groups in total. The number of carboxylic acids is 1. The zero-order valence-corrected chi connectivity index (χ0v) is 10.6. The molecule has 114 valence electrons. The van der Waals surface area contributed by atoms with Gasteiger partial charge in [0.2, 0.25) is 0 Å². The largest absolute Gasteiger partial charge is 0.479 e. The van der Waals surface area contributed by atoms with Gasteiger partial charge in [-0.1, -0.05) is 24.3 Å². The number of hydrogen-bond donors (Lipinski definition) is 1. The van der Waals surface area contributed by atoms with E-state index in [1.165, 1.54) is 12.1 Å². The molecule has 4 nitrogen and oxygen atoms in total. The highest BCUT2D eigenvalue weighted by molar-refractivity contribution is 5.89. The van der Waals surface area contributed by atoms with E-state index in [0.29, 0.717) is 10.5 Å². The van der Waals surface area contributed by atoms with Crippen LogP contribution in [0.5, 0.6) is 0 Å². The first-order chi connectivity index (χ1) is 9.76. The number of nitrogens with zero attached hydrogens (tertiary/aromatic N) is 1. The Bertz CT molecular complexity index is 576. The highest BCUT2D eigenvalue weighted by Gasteiger charge is 2.54. The molecule has 0 aliphatic carbocycles. The maximum atomic E-state index is 13.2. The van der Waals surface area contributed by atoms with Crippen LogP contribution in [0.15, 0.2) is 24.3 Å². The topological polar surface area (TPSA) is 57.6 Å². The summed E-state index contributed by atoms with van der Waals surface area (Å²) in [5, 5.41) is 9.18. The maximum Gasteiger partial charge on any atom is 0.383 e. The number of rotatable bonds is 3. The lowest BCUT2D eigenvalue weighted by Crippen LogP contribution is -2.52. The summed E-state index contributed by atoms with van der Waals surface area (Å²) in [4.78, 5) is 23.2. The molecule has 21 heavy (non-hydrogen) atoms. The Kier molecular flexibility index (Phi) is 3.89. The van der Waals surface area contributed by atoms with Crippen LogP contribution in [0.3, 0.4) is 0 Å². The normalized spacial score (nSPS) is 18.5. The zero-order valence-electron chi connectivity index (χ0n) is 10.6. The van der Waals surface area contributed by atoms with Gasteiger partial charge in [0.05, 0.1) is 0 Å². The van der Waals surface area contributed by atoms with Gasteiger partial charge < -0.3 is 10.0 Å². The Balaban J connectivity index is 2.42. The molecule has 0 bridgehead atoms. The van der Waals surface area contributed by atoms with Crippen LogP contribution in [0, 0.1) is 0 Å². The van der Waals surface area contributed by atoms with Crippen LogP contribution in [0.1, 0.15) is 17.2 Å². The molecular weight excluding hydrogens is 294 g/mol. The van der Waals surface area contributed by atoms with Gasteiger partial charge in [-0.3, -0.25) is 4.79 Å². The van der Waals surface area contributed by atoms with Gasteiger partial charge in [-0.25, -0.2) is 13.6 Å². The van der Waals surface area contributed by atoms with Gasteiger partial charge in [0.25, 0.3) is 5.91 Å². The van der Waals surface area contributed by atoms with E-state index in [1.54, 1.807) is 12.1 Å². The fourth-order valence-corrected chi connectivity index (χ4v) is 2.34. The summed E-state index contributed by atoms with van der Waals surface area (Å²) in [7, 11) is 0. The van der Waals surface area contributed by atoms with E-state index in [0.717, 1.165) is 0 Å². The molecule has 1 unspecified atom stereocenters. The molecule has 1 aromatic carbocycles. The number of carbonyl (C=O) groups excluding carboxylic acids is 1. The summed E-state index contributed by atoms with van der Waals surface area (Å²) < 4.78 is 51.0. The van der Waals surface area contributed by atoms with E-state index in [9.17, 15) is 32.3 Å².